The summed E-state index contributed by atoms with van der Waals surface area (Å²) in [6, 6.07) is 6.85. The highest BCUT2D eigenvalue weighted by molar-refractivity contribution is 6.30. The first-order chi connectivity index (χ1) is 10.0. The maximum Gasteiger partial charge on any atom is 0.253 e. The molecule has 2 amide bonds. The first-order valence-electron chi connectivity index (χ1n) is 7.06. The van der Waals surface area contributed by atoms with Gasteiger partial charge in [-0.3, -0.25) is 9.59 Å². The molecular weight excluding hydrogens is 290 g/mol. The summed E-state index contributed by atoms with van der Waals surface area (Å²) in [6.45, 7) is 4.39. The Balaban J connectivity index is 1.93. The van der Waals surface area contributed by atoms with Gasteiger partial charge in [0.25, 0.3) is 5.91 Å². The number of nitrogens with zero attached hydrogens (tertiary/aromatic N) is 2. The van der Waals surface area contributed by atoms with Gasteiger partial charge in [0.05, 0.1) is 0 Å². The molecule has 1 aromatic rings. The van der Waals surface area contributed by atoms with Crippen LogP contribution in [0.1, 0.15) is 17.3 Å². The second-order valence-corrected chi connectivity index (χ2v) is 5.70. The van der Waals surface area contributed by atoms with Crippen molar-refractivity contribution in [3.63, 3.8) is 0 Å². The van der Waals surface area contributed by atoms with Gasteiger partial charge in [-0.05, 0) is 24.3 Å². The number of carbonyl (C=O) groups excluding carboxylic acids is 2. The number of piperazine rings is 1. The van der Waals surface area contributed by atoms with Crippen molar-refractivity contribution in [3.8, 4) is 0 Å². The normalized spacial score (nSPS) is 16.7. The third kappa shape index (κ3) is 3.74. The maximum absolute atomic E-state index is 12.3. The summed E-state index contributed by atoms with van der Waals surface area (Å²) in [5.41, 5.74) is 6.14. The molecule has 1 atom stereocenters. The van der Waals surface area contributed by atoms with Crippen LogP contribution in [-0.4, -0.2) is 54.3 Å². The molecule has 1 aliphatic rings. The van der Waals surface area contributed by atoms with Gasteiger partial charge in [-0.25, -0.2) is 0 Å². The Morgan fingerprint density at radius 3 is 2.19 bits per heavy atom. The van der Waals surface area contributed by atoms with E-state index in [-0.39, 0.29) is 17.7 Å². The summed E-state index contributed by atoms with van der Waals surface area (Å²) in [6.07, 6.45) is 0. The standard InChI is InChI=1S/C15H20ClN3O2/c1-11(10-17)14(20)18-6-8-19(9-7-18)15(21)12-2-4-13(16)5-3-12/h2-5,11H,6-10,17H2,1H3. The molecule has 0 radical (unpaired) electrons. The lowest BCUT2D eigenvalue weighted by Crippen LogP contribution is -2.52. The van der Waals surface area contributed by atoms with Crippen molar-refractivity contribution in [1.82, 2.24) is 9.80 Å². The van der Waals surface area contributed by atoms with Gasteiger partial charge in [-0.1, -0.05) is 18.5 Å². The smallest absolute Gasteiger partial charge is 0.253 e. The van der Waals surface area contributed by atoms with Crippen LogP contribution in [-0.2, 0) is 4.79 Å². The van der Waals surface area contributed by atoms with Crippen molar-refractivity contribution in [2.45, 2.75) is 6.92 Å². The number of nitrogens with two attached hydrogens (primary N) is 1. The number of amides is 2. The van der Waals surface area contributed by atoms with Gasteiger partial charge >= 0.3 is 0 Å². The van der Waals surface area contributed by atoms with E-state index in [4.69, 9.17) is 17.3 Å². The lowest BCUT2D eigenvalue weighted by atomic mass is 10.1. The zero-order valence-corrected chi connectivity index (χ0v) is 12.8. The Morgan fingerprint density at radius 1 is 1.14 bits per heavy atom. The molecule has 1 unspecified atom stereocenters. The third-order valence-electron chi connectivity index (χ3n) is 3.74. The Hall–Kier alpha value is -1.59. The van der Waals surface area contributed by atoms with Crippen molar-refractivity contribution >= 4 is 23.4 Å². The molecule has 0 saturated carbocycles. The molecule has 1 heterocycles. The van der Waals surface area contributed by atoms with Crippen LogP contribution in [0.2, 0.25) is 5.02 Å². The van der Waals surface area contributed by atoms with Crippen LogP contribution in [0.5, 0.6) is 0 Å². The summed E-state index contributed by atoms with van der Waals surface area (Å²) in [5.74, 6) is -0.120. The van der Waals surface area contributed by atoms with Gasteiger partial charge in [0.1, 0.15) is 0 Å². The Morgan fingerprint density at radius 2 is 1.67 bits per heavy atom. The lowest BCUT2D eigenvalue weighted by molar-refractivity contribution is -0.136. The number of hydrogen-bond donors (Lipinski definition) is 1. The van der Waals surface area contributed by atoms with Crippen LogP contribution in [0.4, 0.5) is 0 Å². The second kappa shape index (κ2) is 6.91. The Bertz CT molecular complexity index is 510. The average Bonchev–Trinajstić information content (AvgIpc) is 2.53. The number of rotatable bonds is 3. The van der Waals surface area contributed by atoms with Crippen LogP contribution in [0.15, 0.2) is 24.3 Å². The fourth-order valence-corrected chi connectivity index (χ4v) is 2.44. The van der Waals surface area contributed by atoms with Crippen LogP contribution in [0.25, 0.3) is 0 Å². The van der Waals surface area contributed by atoms with Crippen molar-refractivity contribution in [3.05, 3.63) is 34.9 Å². The summed E-state index contributed by atoms with van der Waals surface area (Å²) >= 11 is 5.82. The molecule has 1 saturated heterocycles. The quantitative estimate of drug-likeness (QED) is 0.913. The average molecular weight is 310 g/mol. The Kier molecular flexibility index (Phi) is 5.20. The van der Waals surface area contributed by atoms with Gasteiger partial charge in [0.15, 0.2) is 0 Å². The highest BCUT2D eigenvalue weighted by Crippen LogP contribution is 2.14. The SMILES string of the molecule is CC(CN)C(=O)N1CCN(C(=O)c2ccc(Cl)cc2)CC1. The van der Waals surface area contributed by atoms with E-state index < -0.39 is 0 Å². The predicted octanol–water partition coefficient (Wildman–Crippen LogP) is 1.22. The molecule has 1 aromatic carbocycles. The molecule has 2 rings (SSSR count). The minimum absolute atomic E-state index is 0.0226. The van der Waals surface area contributed by atoms with Crippen molar-refractivity contribution in [1.29, 1.82) is 0 Å². The molecule has 5 nitrogen and oxygen atoms in total. The van der Waals surface area contributed by atoms with Crippen molar-refractivity contribution in [2.24, 2.45) is 11.7 Å². The van der Waals surface area contributed by atoms with E-state index in [1.165, 1.54) is 0 Å². The summed E-state index contributed by atoms with van der Waals surface area (Å²) in [5, 5.41) is 0.609. The molecule has 1 aliphatic heterocycles. The van der Waals surface area contributed by atoms with Gasteiger partial charge in [-0.2, -0.15) is 0 Å². The van der Waals surface area contributed by atoms with E-state index in [1.54, 1.807) is 34.1 Å². The third-order valence-corrected chi connectivity index (χ3v) is 4.00. The van der Waals surface area contributed by atoms with Crippen molar-refractivity contribution < 1.29 is 9.59 Å². The number of benzene rings is 1. The van der Waals surface area contributed by atoms with E-state index in [9.17, 15) is 9.59 Å². The zero-order chi connectivity index (χ0) is 15.4. The van der Waals surface area contributed by atoms with E-state index in [2.05, 4.69) is 0 Å². The molecule has 6 heteroatoms. The minimum atomic E-state index is -0.163. The van der Waals surface area contributed by atoms with Gasteiger partial charge < -0.3 is 15.5 Å². The highest BCUT2D eigenvalue weighted by atomic mass is 35.5. The van der Waals surface area contributed by atoms with Gasteiger partial charge in [-0.15, -0.1) is 0 Å². The van der Waals surface area contributed by atoms with E-state index in [1.807, 2.05) is 6.92 Å². The Labute approximate surface area is 129 Å². The molecule has 21 heavy (non-hydrogen) atoms. The first-order valence-corrected chi connectivity index (χ1v) is 7.44. The van der Waals surface area contributed by atoms with E-state index in [0.717, 1.165) is 0 Å². The number of halogens is 1. The predicted molar refractivity (Wildman–Crippen MR) is 82.2 cm³/mol. The fourth-order valence-electron chi connectivity index (χ4n) is 2.32. The molecular formula is C15H20ClN3O2. The summed E-state index contributed by atoms with van der Waals surface area (Å²) < 4.78 is 0. The lowest BCUT2D eigenvalue weighted by Gasteiger charge is -2.36. The first kappa shape index (κ1) is 15.8. The van der Waals surface area contributed by atoms with Gasteiger partial charge in [0.2, 0.25) is 5.91 Å². The summed E-state index contributed by atoms with van der Waals surface area (Å²) in [7, 11) is 0. The van der Waals surface area contributed by atoms with Crippen LogP contribution < -0.4 is 5.73 Å². The van der Waals surface area contributed by atoms with E-state index >= 15 is 0 Å². The molecule has 114 valence electrons. The molecule has 0 spiro atoms. The zero-order valence-electron chi connectivity index (χ0n) is 12.1. The van der Waals surface area contributed by atoms with Crippen molar-refractivity contribution in [2.75, 3.05) is 32.7 Å². The van der Waals surface area contributed by atoms with Gasteiger partial charge in [0, 0.05) is 49.2 Å². The monoisotopic (exact) mass is 309 g/mol. The van der Waals surface area contributed by atoms with Crippen LogP contribution in [0.3, 0.4) is 0 Å². The largest absolute Gasteiger partial charge is 0.339 e. The molecule has 1 fully saturated rings. The molecule has 0 aromatic heterocycles. The highest BCUT2D eigenvalue weighted by Gasteiger charge is 2.26. The number of hydrogen-bond acceptors (Lipinski definition) is 3. The molecule has 2 N–H and O–H groups in total. The minimum Gasteiger partial charge on any atom is -0.339 e. The van der Waals surface area contributed by atoms with E-state index in [0.29, 0.717) is 43.3 Å². The fraction of sp³-hybridized carbons (Fsp3) is 0.467. The number of carbonyl (C=O) groups is 2. The maximum atomic E-state index is 12.3. The van der Waals surface area contributed by atoms with Crippen LogP contribution >= 0.6 is 11.6 Å². The van der Waals surface area contributed by atoms with Crippen LogP contribution in [0, 0.1) is 5.92 Å². The molecule has 0 bridgehead atoms. The second-order valence-electron chi connectivity index (χ2n) is 5.26. The summed E-state index contributed by atoms with van der Waals surface area (Å²) in [4.78, 5) is 27.9. The topological polar surface area (TPSA) is 66.6 Å². The molecule has 0 aliphatic carbocycles.